The Morgan fingerprint density at radius 1 is 1.03 bits per heavy atom. The van der Waals surface area contributed by atoms with Gasteiger partial charge in [0.25, 0.3) is 0 Å². The number of amides is 1. The van der Waals surface area contributed by atoms with Gasteiger partial charge in [0, 0.05) is 23.5 Å². The molecule has 172 valence electrons. The molecule has 0 radical (unpaired) electrons. The molecule has 4 rings (SSSR count). The predicted molar refractivity (Wildman–Crippen MR) is 117 cm³/mol. The van der Waals surface area contributed by atoms with E-state index in [1.54, 1.807) is 0 Å². The number of benzene rings is 1. The lowest BCUT2D eigenvalue weighted by Gasteiger charge is -2.10. The summed E-state index contributed by atoms with van der Waals surface area (Å²) in [4.78, 5) is 16.9. The highest BCUT2D eigenvalue weighted by Crippen LogP contribution is 2.36. The average Bonchev–Trinajstić information content (AvgIpc) is 3.21. The summed E-state index contributed by atoms with van der Waals surface area (Å²) in [6, 6.07) is 10.6. The fraction of sp³-hybridized carbons (Fsp3) is 0.304. The Balaban J connectivity index is 1.55. The summed E-state index contributed by atoms with van der Waals surface area (Å²) in [5.41, 5.74) is 3.09. The van der Waals surface area contributed by atoms with E-state index in [0.717, 1.165) is 28.7 Å². The van der Waals surface area contributed by atoms with E-state index in [-0.39, 0.29) is 41.4 Å². The van der Waals surface area contributed by atoms with Crippen LogP contribution in [0.4, 0.5) is 13.2 Å². The number of carbonyl (C=O) groups excluding carboxylic acids is 1. The lowest BCUT2D eigenvalue weighted by molar-refractivity contribution is -0.136. The van der Waals surface area contributed by atoms with Crippen LogP contribution < -0.4 is 5.32 Å². The molecule has 0 spiro atoms. The lowest BCUT2D eigenvalue weighted by Crippen LogP contribution is -2.28. The van der Waals surface area contributed by atoms with Crippen molar-refractivity contribution < 1.29 is 18.0 Å². The summed E-state index contributed by atoms with van der Waals surface area (Å²) in [7, 11) is 0. The Bertz CT molecular complexity index is 1340. The van der Waals surface area contributed by atoms with Gasteiger partial charge in [-0.1, -0.05) is 18.2 Å². The third-order valence-electron chi connectivity index (χ3n) is 5.51. The molecule has 3 aromatic heterocycles. The highest BCUT2D eigenvalue weighted by molar-refractivity contribution is 5.85. The van der Waals surface area contributed by atoms with Gasteiger partial charge in [-0.15, -0.1) is 0 Å². The number of fused-ring (bicyclic) bond motifs is 1. The first-order valence-electron chi connectivity index (χ1n) is 10.4. The van der Waals surface area contributed by atoms with Gasteiger partial charge in [0.1, 0.15) is 6.54 Å². The second-order valence-corrected chi connectivity index (χ2v) is 7.92. The van der Waals surface area contributed by atoms with Crippen molar-refractivity contribution in [1.82, 2.24) is 29.9 Å². The smallest absolute Gasteiger partial charge is 0.350 e. The summed E-state index contributed by atoms with van der Waals surface area (Å²) in [6.45, 7) is 6.74. The SMILES string of the molecule is Cc1cc(C(F)(F)F)c2c(C)nn(CC(=O)NCc3c(C)nn(-c4ccccc4)c3C)c2n1. The van der Waals surface area contributed by atoms with E-state index in [0.29, 0.717) is 0 Å². The zero-order valence-corrected chi connectivity index (χ0v) is 18.7. The van der Waals surface area contributed by atoms with Crippen LogP contribution in [0.2, 0.25) is 0 Å². The monoisotopic (exact) mass is 456 g/mol. The number of carbonyl (C=O) groups is 1. The molecule has 0 saturated heterocycles. The minimum absolute atomic E-state index is 0.0410. The van der Waals surface area contributed by atoms with E-state index in [1.165, 1.54) is 18.5 Å². The Hall–Kier alpha value is -3.69. The van der Waals surface area contributed by atoms with Crippen LogP contribution in [0.5, 0.6) is 0 Å². The molecule has 0 unspecified atom stereocenters. The summed E-state index contributed by atoms with van der Waals surface area (Å²) in [5, 5.41) is 11.5. The van der Waals surface area contributed by atoms with Crippen LogP contribution in [-0.2, 0) is 24.1 Å². The number of aromatic nitrogens is 5. The molecule has 10 heteroatoms. The van der Waals surface area contributed by atoms with Gasteiger partial charge in [0.15, 0.2) is 5.65 Å². The average molecular weight is 456 g/mol. The number of para-hydroxylation sites is 1. The van der Waals surface area contributed by atoms with Crippen molar-refractivity contribution >= 4 is 16.9 Å². The molecule has 1 aromatic carbocycles. The van der Waals surface area contributed by atoms with Gasteiger partial charge in [-0.25, -0.2) is 14.3 Å². The van der Waals surface area contributed by atoms with Crippen LogP contribution in [0.3, 0.4) is 0 Å². The number of hydrogen-bond acceptors (Lipinski definition) is 4. The minimum Gasteiger partial charge on any atom is -0.350 e. The third-order valence-corrected chi connectivity index (χ3v) is 5.51. The normalized spacial score (nSPS) is 11.8. The van der Waals surface area contributed by atoms with Crippen molar-refractivity contribution in [2.24, 2.45) is 0 Å². The molecular weight excluding hydrogens is 433 g/mol. The van der Waals surface area contributed by atoms with E-state index >= 15 is 0 Å². The van der Waals surface area contributed by atoms with E-state index in [4.69, 9.17) is 0 Å². The molecule has 4 aromatic rings. The molecule has 0 aliphatic heterocycles. The Labute approximate surface area is 188 Å². The zero-order chi connectivity index (χ0) is 23.9. The van der Waals surface area contributed by atoms with Crippen LogP contribution in [0.25, 0.3) is 16.7 Å². The molecular formula is C23H23F3N6O. The Morgan fingerprint density at radius 3 is 2.39 bits per heavy atom. The number of nitrogens with one attached hydrogen (secondary N) is 1. The maximum absolute atomic E-state index is 13.5. The van der Waals surface area contributed by atoms with E-state index in [2.05, 4.69) is 20.5 Å². The Morgan fingerprint density at radius 2 is 1.73 bits per heavy atom. The first kappa shape index (κ1) is 22.5. The standard InChI is InChI=1S/C23H23F3N6O/c1-13-10-19(23(24,25)26)21-15(3)29-31(22(21)28-13)12-20(33)27-11-18-14(2)30-32(16(18)4)17-8-6-5-7-9-17/h5-10H,11-12H2,1-4H3,(H,27,33). The molecule has 0 aliphatic carbocycles. The topological polar surface area (TPSA) is 77.6 Å². The molecule has 0 aliphatic rings. The minimum atomic E-state index is -4.54. The molecule has 0 saturated carbocycles. The summed E-state index contributed by atoms with van der Waals surface area (Å²) < 4.78 is 43.5. The fourth-order valence-corrected chi connectivity index (χ4v) is 3.94. The highest BCUT2D eigenvalue weighted by atomic mass is 19.4. The maximum Gasteiger partial charge on any atom is 0.417 e. The number of rotatable bonds is 5. The quantitative estimate of drug-likeness (QED) is 0.489. The number of pyridine rings is 1. The molecule has 33 heavy (non-hydrogen) atoms. The van der Waals surface area contributed by atoms with Gasteiger partial charge in [-0.3, -0.25) is 4.79 Å². The highest BCUT2D eigenvalue weighted by Gasteiger charge is 2.35. The van der Waals surface area contributed by atoms with Crippen molar-refractivity contribution in [3.8, 4) is 5.69 Å². The van der Waals surface area contributed by atoms with Gasteiger partial charge in [-0.05, 0) is 45.9 Å². The number of halogens is 3. The molecule has 0 bridgehead atoms. The number of alkyl halides is 3. The Kier molecular flexibility index (Phi) is 5.69. The zero-order valence-electron chi connectivity index (χ0n) is 18.7. The van der Waals surface area contributed by atoms with Gasteiger partial charge >= 0.3 is 6.18 Å². The predicted octanol–water partition coefficient (Wildman–Crippen LogP) is 4.19. The first-order valence-corrected chi connectivity index (χ1v) is 10.4. The van der Waals surface area contributed by atoms with Crippen LogP contribution in [0.15, 0.2) is 36.4 Å². The van der Waals surface area contributed by atoms with Crippen LogP contribution in [0, 0.1) is 27.7 Å². The molecule has 7 nitrogen and oxygen atoms in total. The van der Waals surface area contributed by atoms with Crippen LogP contribution in [0.1, 0.15) is 33.9 Å². The number of hydrogen-bond donors (Lipinski definition) is 1. The third kappa shape index (κ3) is 4.33. The summed E-state index contributed by atoms with van der Waals surface area (Å²) in [6.07, 6.45) is -4.54. The van der Waals surface area contributed by atoms with Gasteiger partial charge in [0.05, 0.1) is 28.0 Å². The molecule has 1 amide bonds. The molecule has 0 fully saturated rings. The van der Waals surface area contributed by atoms with Crippen LogP contribution in [-0.4, -0.2) is 30.5 Å². The summed E-state index contributed by atoms with van der Waals surface area (Å²) in [5.74, 6) is -0.387. The van der Waals surface area contributed by atoms with Crippen molar-refractivity contribution in [2.75, 3.05) is 0 Å². The second-order valence-electron chi connectivity index (χ2n) is 7.92. The van der Waals surface area contributed by atoms with Crippen molar-refractivity contribution in [2.45, 2.75) is 47.0 Å². The van der Waals surface area contributed by atoms with Crippen LogP contribution >= 0.6 is 0 Å². The molecule has 0 atom stereocenters. The van der Waals surface area contributed by atoms with Crippen molar-refractivity contribution in [3.63, 3.8) is 0 Å². The van der Waals surface area contributed by atoms with Gasteiger partial charge in [0.2, 0.25) is 5.91 Å². The van der Waals surface area contributed by atoms with E-state index in [1.807, 2.05) is 48.9 Å². The first-order chi connectivity index (χ1) is 15.6. The number of aryl methyl sites for hydroxylation is 3. The van der Waals surface area contributed by atoms with Crippen molar-refractivity contribution in [1.29, 1.82) is 0 Å². The maximum atomic E-state index is 13.5. The largest absolute Gasteiger partial charge is 0.417 e. The van der Waals surface area contributed by atoms with E-state index in [9.17, 15) is 18.0 Å². The van der Waals surface area contributed by atoms with Gasteiger partial charge in [-0.2, -0.15) is 23.4 Å². The second kappa shape index (κ2) is 8.34. The van der Waals surface area contributed by atoms with Gasteiger partial charge < -0.3 is 5.32 Å². The lowest BCUT2D eigenvalue weighted by atomic mass is 10.1. The van der Waals surface area contributed by atoms with E-state index < -0.39 is 11.7 Å². The van der Waals surface area contributed by atoms with Crippen molar-refractivity contribution in [3.05, 3.63) is 70.3 Å². The fourth-order valence-electron chi connectivity index (χ4n) is 3.94. The number of nitrogens with zero attached hydrogens (tertiary/aromatic N) is 5. The molecule has 1 N–H and O–H groups in total. The summed E-state index contributed by atoms with van der Waals surface area (Å²) >= 11 is 0. The molecule has 3 heterocycles.